The monoisotopic (exact) mass is 410 g/mol. The van der Waals surface area contributed by atoms with Gasteiger partial charge in [-0.05, 0) is 36.4 Å². The summed E-state index contributed by atoms with van der Waals surface area (Å²) in [6.07, 6.45) is -0.136. The molecule has 4 aromatic rings. The number of benzene rings is 2. The van der Waals surface area contributed by atoms with Gasteiger partial charge in [-0.3, -0.25) is 4.79 Å². The van der Waals surface area contributed by atoms with Crippen LogP contribution in [0.2, 0.25) is 0 Å². The van der Waals surface area contributed by atoms with E-state index in [1.807, 2.05) is 0 Å². The highest BCUT2D eigenvalue weighted by atomic mass is 19.4. The standard InChI is InChI=1S/C20H13F3N6O/c21-20(22,23)15-5-1-4-14(9-15)18(30)27-16-6-2-3-13(10-16)17-7-8-25-19(28-17)29-12-24-11-26-29/h1-12H,(H,27,30). The van der Waals surface area contributed by atoms with E-state index in [1.54, 1.807) is 36.5 Å². The van der Waals surface area contributed by atoms with Gasteiger partial charge >= 0.3 is 6.18 Å². The van der Waals surface area contributed by atoms with Gasteiger partial charge in [-0.25, -0.2) is 15.0 Å². The van der Waals surface area contributed by atoms with Crippen LogP contribution in [0.3, 0.4) is 0 Å². The summed E-state index contributed by atoms with van der Waals surface area (Å²) in [5.41, 5.74) is 0.693. The number of hydrogen-bond acceptors (Lipinski definition) is 5. The first-order valence-electron chi connectivity index (χ1n) is 8.67. The van der Waals surface area contributed by atoms with Gasteiger partial charge in [0.25, 0.3) is 11.9 Å². The summed E-state index contributed by atoms with van der Waals surface area (Å²) in [5, 5.41) is 6.59. The third-order valence-electron chi connectivity index (χ3n) is 4.13. The maximum absolute atomic E-state index is 12.9. The topological polar surface area (TPSA) is 85.6 Å². The van der Waals surface area contributed by atoms with E-state index in [2.05, 4.69) is 25.4 Å². The van der Waals surface area contributed by atoms with Crippen molar-refractivity contribution in [1.82, 2.24) is 24.7 Å². The van der Waals surface area contributed by atoms with Crippen molar-refractivity contribution in [3.05, 3.63) is 84.6 Å². The molecule has 2 heterocycles. The van der Waals surface area contributed by atoms with E-state index < -0.39 is 17.6 Å². The predicted molar refractivity (Wildman–Crippen MR) is 102 cm³/mol. The van der Waals surface area contributed by atoms with Crippen molar-refractivity contribution in [1.29, 1.82) is 0 Å². The van der Waals surface area contributed by atoms with Crippen molar-refractivity contribution < 1.29 is 18.0 Å². The molecule has 0 saturated heterocycles. The van der Waals surface area contributed by atoms with Gasteiger partial charge < -0.3 is 5.32 Å². The number of hydrogen-bond donors (Lipinski definition) is 1. The molecule has 10 heteroatoms. The van der Waals surface area contributed by atoms with Gasteiger partial charge in [0.15, 0.2) is 0 Å². The van der Waals surface area contributed by atoms with Crippen LogP contribution in [0.25, 0.3) is 17.2 Å². The Labute approximate surface area is 168 Å². The second-order valence-electron chi connectivity index (χ2n) is 6.20. The molecule has 2 aromatic heterocycles. The Hall–Kier alpha value is -4.08. The van der Waals surface area contributed by atoms with Crippen molar-refractivity contribution in [2.75, 3.05) is 5.32 Å². The van der Waals surface area contributed by atoms with Gasteiger partial charge in [-0.15, -0.1) is 0 Å². The number of carbonyl (C=O) groups excluding carboxylic acids is 1. The van der Waals surface area contributed by atoms with E-state index in [4.69, 9.17) is 0 Å². The molecule has 0 spiro atoms. The zero-order chi connectivity index (χ0) is 21.1. The van der Waals surface area contributed by atoms with Crippen molar-refractivity contribution in [2.45, 2.75) is 6.18 Å². The van der Waals surface area contributed by atoms with Crippen LogP contribution < -0.4 is 5.32 Å². The highest BCUT2D eigenvalue weighted by Crippen LogP contribution is 2.30. The summed E-state index contributed by atoms with van der Waals surface area (Å²) in [4.78, 5) is 24.8. The van der Waals surface area contributed by atoms with Gasteiger partial charge in [-0.2, -0.15) is 23.0 Å². The smallest absolute Gasteiger partial charge is 0.322 e. The summed E-state index contributed by atoms with van der Waals surface area (Å²) in [6.45, 7) is 0. The average molecular weight is 410 g/mol. The predicted octanol–water partition coefficient (Wildman–Crippen LogP) is 4.00. The van der Waals surface area contributed by atoms with Crippen molar-refractivity contribution in [3.8, 4) is 17.2 Å². The number of alkyl halides is 3. The van der Waals surface area contributed by atoms with Crippen LogP contribution >= 0.6 is 0 Å². The van der Waals surface area contributed by atoms with Crippen molar-refractivity contribution in [2.24, 2.45) is 0 Å². The van der Waals surface area contributed by atoms with Crippen molar-refractivity contribution in [3.63, 3.8) is 0 Å². The minimum absolute atomic E-state index is 0.0919. The molecule has 0 aliphatic carbocycles. The number of nitrogens with one attached hydrogen (secondary N) is 1. The Balaban J connectivity index is 1.57. The largest absolute Gasteiger partial charge is 0.416 e. The Morgan fingerprint density at radius 3 is 2.63 bits per heavy atom. The Morgan fingerprint density at radius 2 is 1.87 bits per heavy atom. The minimum Gasteiger partial charge on any atom is -0.322 e. The van der Waals surface area contributed by atoms with E-state index >= 15 is 0 Å². The highest BCUT2D eigenvalue weighted by molar-refractivity contribution is 6.04. The third-order valence-corrected chi connectivity index (χ3v) is 4.13. The second kappa shape index (κ2) is 7.74. The summed E-state index contributed by atoms with van der Waals surface area (Å²) < 4.78 is 40.0. The second-order valence-corrected chi connectivity index (χ2v) is 6.20. The number of aromatic nitrogens is 5. The first kappa shape index (κ1) is 19.2. The minimum atomic E-state index is -4.52. The molecule has 0 bridgehead atoms. The van der Waals surface area contributed by atoms with Crippen LogP contribution in [-0.4, -0.2) is 30.6 Å². The molecule has 0 saturated carbocycles. The Kier molecular flexibility index (Phi) is 4.97. The maximum atomic E-state index is 12.9. The molecule has 0 atom stereocenters. The van der Waals surface area contributed by atoms with E-state index in [0.717, 1.165) is 12.1 Å². The SMILES string of the molecule is O=C(Nc1cccc(-c2ccnc(-n3cncn3)n2)c1)c1cccc(C(F)(F)F)c1. The summed E-state index contributed by atoms with van der Waals surface area (Å²) in [6, 6.07) is 12.7. The van der Waals surface area contributed by atoms with Gasteiger partial charge in [0.1, 0.15) is 12.7 Å². The summed E-state index contributed by atoms with van der Waals surface area (Å²) in [5.74, 6) is -0.326. The van der Waals surface area contributed by atoms with E-state index in [1.165, 1.54) is 29.5 Å². The number of anilines is 1. The molecule has 0 aliphatic rings. The molecule has 7 nitrogen and oxygen atoms in total. The van der Waals surface area contributed by atoms with Crippen LogP contribution in [0, 0.1) is 0 Å². The first-order chi connectivity index (χ1) is 14.4. The fourth-order valence-electron chi connectivity index (χ4n) is 2.73. The number of nitrogens with zero attached hydrogens (tertiary/aromatic N) is 5. The Morgan fingerprint density at radius 1 is 1.03 bits per heavy atom. The lowest BCUT2D eigenvalue weighted by molar-refractivity contribution is -0.137. The van der Waals surface area contributed by atoms with E-state index in [-0.39, 0.29) is 5.56 Å². The van der Waals surface area contributed by atoms with Crippen LogP contribution in [0.5, 0.6) is 0 Å². The lowest BCUT2D eigenvalue weighted by atomic mass is 10.1. The fourth-order valence-corrected chi connectivity index (χ4v) is 2.73. The zero-order valence-electron chi connectivity index (χ0n) is 15.2. The summed E-state index contributed by atoms with van der Waals surface area (Å²) in [7, 11) is 0. The van der Waals surface area contributed by atoms with Crippen LogP contribution in [0.1, 0.15) is 15.9 Å². The molecule has 0 aliphatic heterocycles. The van der Waals surface area contributed by atoms with E-state index in [0.29, 0.717) is 22.9 Å². The highest BCUT2D eigenvalue weighted by Gasteiger charge is 2.30. The molecule has 150 valence electrons. The molecule has 2 aromatic carbocycles. The molecule has 0 fully saturated rings. The fraction of sp³-hybridized carbons (Fsp3) is 0.0500. The molecule has 1 N–H and O–H groups in total. The molecule has 4 rings (SSSR count). The molecular weight excluding hydrogens is 397 g/mol. The lowest BCUT2D eigenvalue weighted by Gasteiger charge is -2.10. The third kappa shape index (κ3) is 4.17. The van der Waals surface area contributed by atoms with Crippen LogP contribution in [0.15, 0.2) is 73.4 Å². The van der Waals surface area contributed by atoms with Gasteiger partial charge in [0.2, 0.25) is 0 Å². The molecule has 0 unspecified atom stereocenters. The lowest BCUT2D eigenvalue weighted by Crippen LogP contribution is -2.14. The van der Waals surface area contributed by atoms with Gasteiger partial charge in [-0.1, -0.05) is 18.2 Å². The molecular formula is C20H13F3N6O. The molecule has 0 radical (unpaired) electrons. The normalized spacial score (nSPS) is 11.3. The number of amides is 1. The molecule has 30 heavy (non-hydrogen) atoms. The van der Waals surface area contributed by atoms with E-state index in [9.17, 15) is 18.0 Å². The van der Waals surface area contributed by atoms with Crippen LogP contribution in [0.4, 0.5) is 18.9 Å². The number of carbonyl (C=O) groups is 1. The first-order valence-corrected chi connectivity index (χ1v) is 8.67. The Bertz CT molecular complexity index is 1190. The maximum Gasteiger partial charge on any atom is 0.416 e. The summed E-state index contributed by atoms with van der Waals surface area (Å²) >= 11 is 0. The quantitative estimate of drug-likeness (QED) is 0.550. The van der Waals surface area contributed by atoms with Gasteiger partial charge in [0.05, 0.1) is 11.3 Å². The zero-order valence-corrected chi connectivity index (χ0v) is 15.2. The molecule has 1 amide bonds. The average Bonchev–Trinajstić information content (AvgIpc) is 3.29. The van der Waals surface area contributed by atoms with Crippen molar-refractivity contribution >= 4 is 11.6 Å². The number of rotatable bonds is 4. The van der Waals surface area contributed by atoms with Crippen LogP contribution in [-0.2, 0) is 6.18 Å². The number of halogens is 3. The van der Waals surface area contributed by atoms with Gasteiger partial charge in [0, 0.05) is 23.0 Å².